The van der Waals surface area contributed by atoms with Gasteiger partial charge in [0.2, 0.25) is 0 Å². The summed E-state index contributed by atoms with van der Waals surface area (Å²) in [5, 5.41) is 11.8. The molecule has 2 N–H and O–H groups in total. The maximum absolute atomic E-state index is 13.8. The highest BCUT2D eigenvalue weighted by Crippen LogP contribution is 2.17. The van der Waals surface area contributed by atoms with E-state index < -0.39 is 5.82 Å². The van der Waals surface area contributed by atoms with E-state index in [-0.39, 0.29) is 18.2 Å². The van der Waals surface area contributed by atoms with Crippen molar-refractivity contribution < 1.29 is 18.8 Å². The molecule has 0 saturated heterocycles. The molecule has 0 radical (unpaired) electrons. The smallest absolute Gasteiger partial charge is 0.279 e. The number of methoxy groups -OCH3 is 1. The number of halogens is 1. The monoisotopic (exact) mass is 342 g/mol. The third kappa shape index (κ3) is 5.03. The van der Waals surface area contributed by atoms with E-state index in [0.717, 1.165) is 10.5 Å². The molecule has 1 amide bonds. The first kappa shape index (κ1) is 18.4. The van der Waals surface area contributed by atoms with Gasteiger partial charge < -0.3 is 15.0 Å². The molecular weight excluding hydrogens is 321 g/mol. The highest BCUT2D eigenvalue weighted by molar-refractivity contribution is 5.92. The Hall–Kier alpha value is -2.91. The van der Waals surface area contributed by atoms with Gasteiger partial charge in [0.25, 0.3) is 5.91 Å². The first-order chi connectivity index (χ1) is 12.1. The lowest BCUT2D eigenvalue weighted by molar-refractivity contribution is -0.903. The van der Waals surface area contributed by atoms with Crippen LogP contribution in [0.1, 0.15) is 18.1 Å². The number of nitriles is 1. The molecule has 0 aliphatic carbocycles. The van der Waals surface area contributed by atoms with Crippen molar-refractivity contribution in [3.63, 3.8) is 0 Å². The Balaban J connectivity index is 2.00. The van der Waals surface area contributed by atoms with Crippen LogP contribution in [0, 0.1) is 17.1 Å². The molecule has 2 aromatic rings. The van der Waals surface area contributed by atoms with Crippen molar-refractivity contribution in [3.05, 3.63) is 59.4 Å². The van der Waals surface area contributed by atoms with Crippen LogP contribution in [0.5, 0.6) is 5.75 Å². The number of nitrogens with zero attached hydrogens (tertiary/aromatic N) is 1. The number of ether oxygens (including phenoxy) is 1. The van der Waals surface area contributed by atoms with Crippen molar-refractivity contribution >= 4 is 11.6 Å². The lowest BCUT2D eigenvalue weighted by Gasteiger charge is -2.18. The minimum atomic E-state index is -0.414. The van der Waals surface area contributed by atoms with E-state index in [2.05, 4.69) is 11.4 Å². The number of carbonyl (C=O) groups is 1. The number of anilines is 1. The number of benzene rings is 2. The number of hydrogen-bond acceptors (Lipinski definition) is 3. The molecule has 0 spiro atoms. The van der Waals surface area contributed by atoms with Gasteiger partial charge in [-0.1, -0.05) is 12.1 Å². The molecule has 2 rings (SSSR count). The molecule has 0 aliphatic heterocycles. The number of amides is 1. The van der Waals surface area contributed by atoms with Crippen molar-refractivity contribution in [3.8, 4) is 11.8 Å². The molecule has 25 heavy (non-hydrogen) atoms. The summed E-state index contributed by atoms with van der Waals surface area (Å²) in [5.74, 6) is -0.399. The fraction of sp³-hybridized carbons (Fsp3) is 0.263. The number of carbonyl (C=O) groups excluding carboxylic acids is 1. The lowest BCUT2D eigenvalue weighted by Crippen LogP contribution is -3.11. The van der Waals surface area contributed by atoms with E-state index in [0.29, 0.717) is 24.3 Å². The van der Waals surface area contributed by atoms with Gasteiger partial charge >= 0.3 is 0 Å². The quantitative estimate of drug-likeness (QED) is 0.806. The molecule has 0 bridgehead atoms. The molecule has 1 unspecified atom stereocenters. The van der Waals surface area contributed by atoms with Gasteiger partial charge in [-0.05, 0) is 37.3 Å². The number of likely N-dealkylation sites (N-methyl/N-ethyl adjacent to an activating group) is 1. The Morgan fingerprint density at radius 3 is 2.72 bits per heavy atom. The van der Waals surface area contributed by atoms with Crippen LogP contribution in [0.3, 0.4) is 0 Å². The average molecular weight is 342 g/mol. The summed E-state index contributed by atoms with van der Waals surface area (Å²) in [6, 6.07) is 13.7. The van der Waals surface area contributed by atoms with E-state index in [9.17, 15) is 9.18 Å². The van der Waals surface area contributed by atoms with Crippen LogP contribution in [-0.4, -0.2) is 26.1 Å². The predicted octanol–water partition coefficient (Wildman–Crippen LogP) is 1.75. The van der Waals surface area contributed by atoms with Gasteiger partial charge in [-0.25, -0.2) is 4.39 Å². The Morgan fingerprint density at radius 1 is 1.32 bits per heavy atom. The van der Waals surface area contributed by atoms with Crippen molar-refractivity contribution in [2.75, 3.05) is 25.5 Å². The topological polar surface area (TPSA) is 66.6 Å². The second kappa shape index (κ2) is 8.81. The summed E-state index contributed by atoms with van der Waals surface area (Å²) < 4.78 is 18.7. The number of nitrogens with one attached hydrogen (secondary N) is 2. The van der Waals surface area contributed by atoms with E-state index in [1.54, 1.807) is 36.4 Å². The minimum absolute atomic E-state index is 0.187. The van der Waals surface area contributed by atoms with E-state index in [1.165, 1.54) is 13.2 Å². The summed E-state index contributed by atoms with van der Waals surface area (Å²) in [6.45, 7) is 3.42. The summed E-state index contributed by atoms with van der Waals surface area (Å²) in [6.07, 6.45) is 0. The van der Waals surface area contributed by atoms with Gasteiger partial charge in [0.15, 0.2) is 18.1 Å². The first-order valence-corrected chi connectivity index (χ1v) is 8.02. The van der Waals surface area contributed by atoms with Gasteiger partial charge in [0.1, 0.15) is 12.6 Å². The normalized spacial score (nSPS) is 11.4. The summed E-state index contributed by atoms with van der Waals surface area (Å²) in [4.78, 5) is 13.3. The van der Waals surface area contributed by atoms with E-state index in [4.69, 9.17) is 10.00 Å². The fourth-order valence-electron chi connectivity index (χ4n) is 2.53. The standard InChI is InChI=1S/C19H20FN3O2/c1-3-23(12-14-8-9-18(25-2)16(20)10-14)13-19(24)22-17-7-5-4-6-15(17)11-21/h4-10H,3,12-13H2,1-2H3,(H,22,24)/p+1. The number of para-hydroxylation sites is 1. The highest BCUT2D eigenvalue weighted by atomic mass is 19.1. The molecule has 2 aromatic carbocycles. The van der Waals surface area contributed by atoms with Gasteiger partial charge in [-0.3, -0.25) is 4.79 Å². The highest BCUT2D eigenvalue weighted by Gasteiger charge is 2.15. The zero-order valence-electron chi connectivity index (χ0n) is 14.3. The van der Waals surface area contributed by atoms with Crippen LogP contribution in [0.15, 0.2) is 42.5 Å². The second-order valence-corrected chi connectivity index (χ2v) is 5.63. The Morgan fingerprint density at radius 2 is 2.08 bits per heavy atom. The van der Waals surface area contributed by atoms with Crippen LogP contribution < -0.4 is 15.0 Å². The molecule has 0 saturated carbocycles. The molecule has 0 aromatic heterocycles. The van der Waals surface area contributed by atoms with Crippen LogP contribution in [0.2, 0.25) is 0 Å². The molecule has 0 heterocycles. The van der Waals surface area contributed by atoms with E-state index >= 15 is 0 Å². The summed E-state index contributed by atoms with van der Waals surface area (Å²) in [5.41, 5.74) is 1.72. The SMILES string of the molecule is CC[NH+](CC(=O)Nc1ccccc1C#N)Cc1ccc(OC)c(F)c1. The molecule has 1 atom stereocenters. The first-order valence-electron chi connectivity index (χ1n) is 8.02. The Labute approximate surface area is 146 Å². The van der Waals surface area contributed by atoms with Gasteiger partial charge in [-0.2, -0.15) is 5.26 Å². The van der Waals surface area contributed by atoms with Crippen molar-refractivity contribution in [2.24, 2.45) is 0 Å². The molecule has 0 aliphatic rings. The Bertz CT molecular complexity index is 786. The maximum Gasteiger partial charge on any atom is 0.279 e. The van der Waals surface area contributed by atoms with Gasteiger partial charge in [0.05, 0.1) is 24.9 Å². The van der Waals surface area contributed by atoms with Crippen molar-refractivity contribution in [2.45, 2.75) is 13.5 Å². The minimum Gasteiger partial charge on any atom is -0.494 e. The summed E-state index contributed by atoms with van der Waals surface area (Å²) in [7, 11) is 1.42. The number of hydrogen-bond donors (Lipinski definition) is 2. The number of quaternary nitrogens is 1. The molecule has 5 nitrogen and oxygen atoms in total. The fourth-order valence-corrected chi connectivity index (χ4v) is 2.53. The third-order valence-electron chi connectivity index (χ3n) is 3.90. The van der Waals surface area contributed by atoms with Crippen molar-refractivity contribution in [1.29, 1.82) is 5.26 Å². The zero-order chi connectivity index (χ0) is 18.2. The van der Waals surface area contributed by atoms with Crippen LogP contribution >= 0.6 is 0 Å². The van der Waals surface area contributed by atoms with E-state index in [1.807, 2.05) is 6.92 Å². The molecule has 0 fully saturated rings. The zero-order valence-corrected chi connectivity index (χ0v) is 14.3. The van der Waals surface area contributed by atoms with Crippen LogP contribution in [0.25, 0.3) is 0 Å². The maximum atomic E-state index is 13.8. The average Bonchev–Trinajstić information content (AvgIpc) is 2.61. The van der Waals surface area contributed by atoms with Crippen LogP contribution in [0.4, 0.5) is 10.1 Å². The van der Waals surface area contributed by atoms with Gasteiger partial charge in [-0.15, -0.1) is 0 Å². The van der Waals surface area contributed by atoms with Crippen LogP contribution in [-0.2, 0) is 11.3 Å². The predicted molar refractivity (Wildman–Crippen MR) is 92.8 cm³/mol. The molecule has 130 valence electrons. The number of rotatable bonds is 7. The third-order valence-corrected chi connectivity index (χ3v) is 3.90. The van der Waals surface area contributed by atoms with Gasteiger partial charge in [0, 0.05) is 5.56 Å². The Kier molecular flexibility index (Phi) is 6.49. The van der Waals surface area contributed by atoms with Crippen molar-refractivity contribution in [1.82, 2.24) is 0 Å². The lowest BCUT2D eigenvalue weighted by atomic mass is 10.2. The molecular formula is C19H21FN3O2+. The largest absolute Gasteiger partial charge is 0.494 e. The second-order valence-electron chi connectivity index (χ2n) is 5.63. The summed E-state index contributed by atoms with van der Waals surface area (Å²) >= 11 is 0. The molecule has 6 heteroatoms.